The highest BCUT2D eigenvalue weighted by atomic mass is 32.2. The lowest BCUT2D eigenvalue weighted by Gasteiger charge is -2.36. The highest BCUT2D eigenvalue weighted by Crippen LogP contribution is 2.36. The molecule has 0 aliphatic carbocycles. The number of hydrogen-bond acceptors (Lipinski definition) is 5. The van der Waals surface area contributed by atoms with Gasteiger partial charge in [0.25, 0.3) is 10.0 Å². The van der Waals surface area contributed by atoms with Gasteiger partial charge >= 0.3 is 6.03 Å². The maximum atomic E-state index is 14.3. The molecule has 10 heteroatoms. The predicted molar refractivity (Wildman–Crippen MR) is 108 cm³/mol. The van der Waals surface area contributed by atoms with Crippen LogP contribution in [0.5, 0.6) is 0 Å². The molecule has 0 saturated carbocycles. The highest BCUT2D eigenvalue weighted by Gasteiger charge is 2.41. The molecule has 0 saturated heterocycles. The number of carbonyl (C=O) groups is 1. The molecule has 0 atom stereocenters. The summed E-state index contributed by atoms with van der Waals surface area (Å²) in [5.41, 5.74) is 1.05. The monoisotopic (exact) mass is 447 g/mol. The van der Waals surface area contributed by atoms with Gasteiger partial charge in [-0.2, -0.15) is 0 Å². The van der Waals surface area contributed by atoms with Crippen LogP contribution in [-0.2, 0) is 23.0 Å². The van der Waals surface area contributed by atoms with Gasteiger partial charge in [0.2, 0.25) is 0 Å². The van der Waals surface area contributed by atoms with Crippen molar-refractivity contribution in [3.05, 3.63) is 76.7 Å². The SMILES string of the molecule is Cc1noc(C)c1CCN1C(=O)N(Cc2c(F)cccc2F)c2ccccc2S1(=O)=O. The zero-order valence-corrected chi connectivity index (χ0v) is 17.6. The molecule has 2 heterocycles. The number of rotatable bonds is 5. The van der Waals surface area contributed by atoms with E-state index in [2.05, 4.69) is 5.16 Å². The molecule has 7 nitrogen and oxygen atoms in total. The van der Waals surface area contributed by atoms with E-state index in [1.165, 1.54) is 24.3 Å². The standard InChI is InChI=1S/C21H19F2N3O4S/c1-13-15(14(2)30-24-13)10-11-26-21(27)25(12-16-17(22)6-5-7-18(16)23)19-8-3-4-9-20(19)31(26,28)29/h3-9H,10-12H2,1-2H3. The van der Waals surface area contributed by atoms with Crippen LogP contribution in [0.4, 0.5) is 19.3 Å². The number of hydrogen-bond donors (Lipinski definition) is 0. The Labute approximate surface area is 177 Å². The van der Waals surface area contributed by atoms with Crippen LogP contribution in [0.2, 0.25) is 0 Å². The van der Waals surface area contributed by atoms with Crippen LogP contribution in [0.3, 0.4) is 0 Å². The number of benzene rings is 2. The summed E-state index contributed by atoms with van der Waals surface area (Å²) in [5, 5.41) is 3.84. The third-order valence-corrected chi connectivity index (χ3v) is 7.11. The number of aryl methyl sites for hydroxylation is 2. The minimum Gasteiger partial charge on any atom is -0.361 e. The maximum Gasteiger partial charge on any atom is 0.338 e. The van der Waals surface area contributed by atoms with Crippen LogP contribution in [0.25, 0.3) is 0 Å². The summed E-state index contributed by atoms with van der Waals surface area (Å²) >= 11 is 0. The Hall–Kier alpha value is -3.27. The van der Waals surface area contributed by atoms with E-state index in [0.717, 1.165) is 21.3 Å². The Bertz CT molecular complexity index is 1230. The van der Waals surface area contributed by atoms with E-state index in [-0.39, 0.29) is 29.1 Å². The maximum absolute atomic E-state index is 14.3. The van der Waals surface area contributed by atoms with Gasteiger partial charge < -0.3 is 4.52 Å². The van der Waals surface area contributed by atoms with Gasteiger partial charge in [-0.05, 0) is 44.5 Å². The van der Waals surface area contributed by atoms with Crippen LogP contribution in [-0.4, -0.2) is 30.5 Å². The van der Waals surface area contributed by atoms with Gasteiger partial charge in [-0.25, -0.2) is 26.3 Å². The number of nitrogens with zero attached hydrogens (tertiary/aromatic N) is 3. The summed E-state index contributed by atoms with van der Waals surface area (Å²) < 4.78 is 60.7. The summed E-state index contributed by atoms with van der Waals surface area (Å²) in [5.74, 6) is -1.10. The molecule has 1 aliphatic rings. The van der Waals surface area contributed by atoms with E-state index in [9.17, 15) is 22.0 Å². The Morgan fingerprint density at radius 2 is 1.68 bits per heavy atom. The molecule has 1 aliphatic heterocycles. The molecule has 3 aromatic rings. The summed E-state index contributed by atoms with van der Waals surface area (Å²) in [6.45, 7) is 2.80. The fourth-order valence-corrected chi connectivity index (χ4v) is 5.21. The molecule has 2 aromatic carbocycles. The van der Waals surface area contributed by atoms with E-state index in [1.807, 2.05) is 0 Å². The lowest BCUT2D eigenvalue weighted by molar-refractivity contribution is 0.227. The average Bonchev–Trinajstić information content (AvgIpc) is 3.05. The molecule has 31 heavy (non-hydrogen) atoms. The molecule has 0 radical (unpaired) electrons. The van der Waals surface area contributed by atoms with Crippen molar-refractivity contribution in [1.82, 2.24) is 9.46 Å². The zero-order valence-electron chi connectivity index (χ0n) is 16.8. The van der Waals surface area contributed by atoms with E-state index in [4.69, 9.17) is 4.52 Å². The zero-order chi connectivity index (χ0) is 22.3. The summed E-state index contributed by atoms with van der Waals surface area (Å²) in [7, 11) is -4.15. The second-order valence-corrected chi connectivity index (χ2v) is 9.00. The summed E-state index contributed by atoms with van der Waals surface area (Å²) in [4.78, 5) is 14.2. The Morgan fingerprint density at radius 3 is 2.32 bits per heavy atom. The first-order chi connectivity index (χ1) is 14.7. The third kappa shape index (κ3) is 3.56. The van der Waals surface area contributed by atoms with Crippen molar-refractivity contribution in [2.75, 3.05) is 11.4 Å². The Balaban J connectivity index is 1.75. The fourth-order valence-electron chi connectivity index (χ4n) is 3.64. The van der Waals surface area contributed by atoms with E-state index in [1.54, 1.807) is 19.9 Å². The molecule has 4 rings (SSSR count). The highest BCUT2D eigenvalue weighted by molar-refractivity contribution is 7.90. The molecular weight excluding hydrogens is 428 g/mol. The Kier molecular flexibility index (Phi) is 5.26. The smallest absolute Gasteiger partial charge is 0.338 e. The number of sulfonamides is 1. The minimum atomic E-state index is -4.15. The van der Waals surface area contributed by atoms with Crippen molar-refractivity contribution < 1.29 is 26.5 Å². The topological polar surface area (TPSA) is 83.7 Å². The van der Waals surface area contributed by atoms with E-state index < -0.39 is 34.2 Å². The number of carbonyl (C=O) groups excluding carboxylic acids is 1. The van der Waals surface area contributed by atoms with Gasteiger partial charge in [0.1, 0.15) is 22.3 Å². The number of amides is 2. The first kappa shape index (κ1) is 21.0. The van der Waals surface area contributed by atoms with Gasteiger partial charge in [-0.15, -0.1) is 0 Å². The summed E-state index contributed by atoms with van der Waals surface area (Å²) in [6.07, 6.45) is 0.191. The molecule has 0 N–H and O–H groups in total. The predicted octanol–water partition coefficient (Wildman–Crippen LogP) is 3.94. The quantitative estimate of drug-likeness (QED) is 0.592. The largest absolute Gasteiger partial charge is 0.361 e. The van der Waals surface area contributed by atoms with Crippen molar-refractivity contribution in [3.8, 4) is 0 Å². The average molecular weight is 447 g/mol. The molecule has 0 unspecified atom stereocenters. The lowest BCUT2D eigenvalue weighted by atomic mass is 10.1. The van der Waals surface area contributed by atoms with Crippen molar-refractivity contribution in [1.29, 1.82) is 0 Å². The number of halogens is 2. The second kappa shape index (κ2) is 7.77. The Morgan fingerprint density at radius 1 is 1.00 bits per heavy atom. The molecular formula is C21H19F2N3O4S. The molecule has 1 aromatic heterocycles. The van der Waals surface area contributed by atoms with Gasteiger partial charge in [-0.3, -0.25) is 4.90 Å². The number of anilines is 1. The molecule has 0 bridgehead atoms. The van der Waals surface area contributed by atoms with Crippen molar-refractivity contribution in [2.45, 2.75) is 31.7 Å². The van der Waals surface area contributed by atoms with Crippen LogP contribution in [0, 0.1) is 25.5 Å². The van der Waals surface area contributed by atoms with Crippen molar-refractivity contribution >= 4 is 21.7 Å². The minimum absolute atomic E-state index is 0.0729. The van der Waals surface area contributed by atoms with E-state index >= 15 is 0 Å². The fraction of sp³-hybridized carbons (Fsp3) is 0.238. The second-order valence-electron chi connectivity index (χ2n) is 7.17. The lowest BCUT2D eigenvalue weighted by Crippen LogP contribution is -2.51. The molecule has 2 amide bonds. The van der Waals surface area contributed by atoms with Gasteiger partial charge in [0, 0.05) is 17.7 Å². The van der Waals surface area contributed by atoms with Crippen molar-refractivity contribution in [3.63, 3.8) is 0 Å². The number of aromatic nitrogens is 1. The number of fused-ring (bicyclic) bond motifs is 1. The van der Waals surface area contributed by atoms with Crippen molar-refractivity contribution in [2.24, 2.45) is 0 Å². The van der Waals surface area contributed by atoms with Crippen LogP contribution in [0.15, 0.2) is 51.9 Å². The third-order valence-electron chi connectivity index (χ3n) is 5.29. The molecule has 162 valence electrons. The molecule has 0 fully saturated rings. The van der Waals surface area contributed by atoms with Crippen LogP contribution < -0.4 is 4.90 Å². The van der Waals surface area contributed by atoms with Gasteiger partial charge in [0.15, 0.2) is 0 Å². The first-order valence-corrected chi connectivity index (χ1v) is 10.9. The van der Waals surface area contributed by atoms with E-state index in [0.29, 0.717) is 17.0 Å². The van der Waals surface area contributed by atoms with Crippen LogP contribution >= 0.6 is 0 Å². The number of urea groups is 1. The number of para-hydroxylation sites is 1. The first-order valence-electron chi connectivity index (χ1n) is 9.49. The summed E-state index contributed by atoms with van der Waals surface area (Å²) in [6, 6.07) is 8.41. The molecule has 0 spiro atoms. The van der Waals surface area contributed by atoms with Gasteiger partial charge in [-0.1, -0.05) is 23.4 Å². The normalized spacial score (nSPS) is 15.3. The van der Waals surface area contributed by atoms with Gasteiger partial charge in [0.05, 0.1) is 17.9 Å². The van der Waals surface area contributed by atoms with Crippen LogP contribution in [0.1, 0.15) is 22.6 Å².